The number of carbonyl (C=O) groups is 2. The number of amides is 2. The zero-order chi connectivity index (χ0) is 27.0. The number of nitrogens with zero attached hydrogens (tertiary/aromatic N) is 3. The normalized spacial score (nSPS) is 23.2. The molecule has 2 saturated heterocycles. The molecule has 10 heteroatoms. The minimum absolute atomic E-state index is 0.0944. The number of nitrogens with one attached hydrogen (secondary N) is 1. The average molecular weight is 533 g/mol. The van der Waals surface area contributed by atoms with E-state index in [2.05, 4.69) is 15.3 Å². The number of ether oxygens (including phenoxy) is 3. The van der Waals surface area contributed by atoms with Gasteiger partial charge in [-0.3, -0.25) is 14.6 Å². The molecule has 3 heterocycles. The number of hydrogen-bond donors (Lipinski definition) is 2. The van der Waals surface area contributed by atoms with Crippen LogP contribution < -0.4 is 10.1 Å². The predicted molar refractivity (Wildman–Crippen MR) is 141 cm³/mol. The Kier molecular flexibility index (Phi) is 8.77. The highest BCUT2D eigenvalue weighted by molar-refractivity contribution is 5.92. The van der Waals surface area contributed by atoms with Gasteiger partial charge in [0.15, 0.2) is 0 Å². The van der Waals surface area contributed by atoms with E-state index in [1.165, 1.54) is 18.6 Å². The standard InChI is InChI=1S/C29H32N4O6/c34-21-17-33(29(36)25-16-30-12-13-31-25)26-11-10-24(39-27(26)19-37-18-21)14-28(35)32-15-20-6-8-23(9-7-20)38-22-4-2-1-3-5-22/h1-9,12-13,16,21,24,26-27,34H,10-11,14-15,17-19H2,(H,32,35)/t21-,24-,26-,27+/m0/s1. The minimum atomic E-state index is -0.811. The number of aromatic nitrogens is 2. The van der Waals surface area contributed by atoms with E-state index in [0.29, 0.717) is 19.4 Å². The quantitative estimate of drug-likeness (QED) is 0.476. The van der Waals surface area contributed by atoms with Crippen LogP contribution in [-0.4, -0.2) is 75.9 Å². The van der Waals surface area contributed by atoms with Gasteiger partial charge in [0.05, 0.1) is 44.1 Å². The number of β-amino-alcohol motifs (C(OH)–C–C–N with tert-alkyl or cyclic N) is 1. The second-order valence-electron chi connectivity index (χ2n) is 9.72. The number of carbonyl (C=O) groups excluding carboxylic acids is 2. The summed E-state index contributed by atoms with van der Waals surface area (Å²) in [6.45, 7) is 0.823. The Morgan fingerprint density at radius 3 is 2.59 bits per heavy atom. The Balaban J connectivity index is 1.13. The van der Waals surface area contributed by atoms with Crippen LogP contribution in [0.2, 0.25) is 0 Å². The second kappa shape index (κ2) is 12.8. The first-order valence-electron chi connectivity index (χ1n) is 13.1. The molecule has 0 unspecified atom stereocenters. The predicted octanol–water partition coefficient (Wildman–Crippen LogP) is 2.72. The van der Waals surface area contributed by atoms with Crippen molar-refractivity contribution in [2.45, 2.75) is 50.2 Å². The zero-order valence-corrected chi connectivity index (χ0v) is 21.5. The van der Waals surface area contributed by atoms with Gasteiger partial charge in [-0.25, -0.2) is 4.98 Å². The molecule has 3 aromatic rings. The summed E-state index contributed by atoms with van der Waals surface area (Å²) in [6, 6.07) is 16.8. The van der Waals surface area contributed by atoms with Gasteiger partial charge in [-0.1, -0.05) is 30.3 Å². The van der Waals surface area contributed by atoms with E-state index in [1.54, 1.807) is 4.90 Å². The van der Waals surface area contributed by atoms with E-state index in [0.717, 1.165) is 17.1 Å². The first-order valence-corrected chi connectivity index (χ1v) is 13.1. The average Bonchev–Trinajstić information content (AvgIpc) is 2.96. The van der Waals surface area contributed by atoms with Crippen molar-refractivity contribution in [2.75, 3.05) is 19.8 Å². The van der Waals surface area contributed by atoms with Crippen LogP contribution in [0.3, 0.4) is 0 Å². The van der Waals surface area contributed by atoms with E-state index < -0.39 is 12.2 Å². The fourth-order valence-electron chi connectivity index (χ4n) is 4.91. The number of rotatable bonds is 7. The Labute approximate surface area is 226 Å². The fourth-order valence-corrected chi connectivity index (χ4v) is 4.91. The number of para-hydroxylation sites is 1. The van der Waals surface area contributed by atoms with Crippen LogP contribution in [0.15, 0.2) is 73.2 Å². The monoisotopic (exact) mass is 532 g/mol. The van der Waals surface area contributed by atoms with Crippen molar-refractivity contribution in [3.05, 3.63) is 84.4 Å². The highest BCUT2D eigenvalue weighted by atomic mass is 16.5. The molecule has 5 rings (SSSR count). The summed E-state index contributed by atoms with van der Waals surface area (Å²) < 4.78 is 17.7. The van der Waals surface area contributed by atoms with E-state index >= 15 is 0 Å². The summed E-state index contributed by atoms with van der Waals surface area (Å²) in [5, 5.41) is 13.3. The van der Waals surface area contributed by atoms with Crippen LogP contribution in [0.25, 0.3) is 0 Å². The van der Waals surface area contributed by atoms with Gasteiger partial charge >= 0.3 is 0 Å². The van der Waals surface area contributed by atoms with Crippen molar-refractivity contribution in [2.24, 2.45) is 0 Å². The van der Waals surface area contributed by atoms with Crippen LogP contribution in [0.1, 0.15) is 35.3 Å². The molecule has 2 aromatic carbocycles. The molecule has 1 aromatic heterocycles. The minimum Gasteiger partial charge on any atom is -0.457 e. The molecule has 204 valence electrons. The molecule has 10 nitrogen and oxygen atoms in total. The highest BCUT2D eigenvalue weighted by Crippen LogP contribution is 2.28. The maximum absolute atomic E-state index is 13.2. The molecule has 2 fully saturated rings. The molecule has 0 aliphatic carbocycles. The summed E-state index contributed by atoms with van der Waals surface area (Å²) in [5.41, 5.74) is 1.17. The Morgan fingerprint density at radius 1 is 1.03 bits per heavy atom. The fraction of sp³-hybridized carbons (Fsp3) is 0.379. The molecule has 2 aliphatic rings. The van der Waals surface area contributed by atoms with Crippen molar-refractivity contribution in [3.63, 3.8) is 0 Å². The first kappa shape index (κ1) is 26.7. The number of benzene rings is 2. The van der Waals surface area contributed by atoms with Gasteiger partial charge in [-0.05, 0) is 42.7 Å². The SMILES string of the molecule is O=C(C[C@@H]1CC[C@H]2[C@@H](COC[C@@H](O)CN2C(=O)c2cnccn2)O1)NCc1ccc(Oc2ccccc2)cc1. The molecule has 4 atom stereocenters. The summed E-state index contributed by atoms with van der Waals surface area (Å²) in [4.78, 5) is 35.6. The van der Waals surface area contributed by atoms with Crippen LogP contribution in [0.4, 0.5) is 0 Å². The molecule has 0 radical (unpaired) electrons. The van der Waals surface area contributed by atoms with Gasteiger partial charge in [-0.15, -0.1) is 0 Å². The van der Waals surface area contributed by atoms with E-state index in [9.17, 15) is 14.7 Å². The summed E-state index contributed by atoms with van der Waals surface area (Å²) in [7, 11) is 0. The van der Waals surface area contributed by atoms with Crippen molar-refractivity contribution < 1.29 is 28.9 Å². The summed E-state index contributed by atoms with van der Waals surface area (Å²) >= 11 is 0. The smallest absolute Gasteiger partial charge is 0.274 e. The van der Waals surface area contributed by atoms with Crippen molar-refractivity contribution in [3.8, 4) is 11.5 Å². The van der Waals surface area contributed by atoms with E-state index in [-0.39, 0.29) is 55.8 Å². The van der Waals surface area contributed by atoms with Gasteiger partial charge in [-0.2, -0.15) is 0 Å². The van der Waals surface area contributed by atoms with Gasteiger partial charge in [0, 0.05) is 25.5 Å². The molecular formula is C29H32N4O6. The van der Waals surface area contributed by atoms with Gasteiger partial charge in [0.1, 0.15) is 23.3 Å². The molecule has 39 heavy (non-hydrogen) atoms. The van der Waals surface area contributed by atoms with Crippen LogP contribution in [-0.2, 0) is 20.8 Å². The summed E-state index contributed by atoms with van der Waals surface area (Å²) in [6.07, 6.45) is 4.29. The Morgan fingerprint density at radius 2 is 1.82 bits per heavy atom. The maximum atomic E-state index is 13.2. The molecule has 2 aliphatic heterocycles. The lowest BCUT2D eigenvalue weighted by molar-refractivity contribution is -0.151. The molecule has 0 bridgehead atoms. The van der Waals surface area contributed by atoms with Crippen LogP contribution in [0, 0.1) is 0 Å². The first-order chi connectivity index (χ1) is 19.0. The van der Waals surface area contributed by atoms with Crippen LogP contribution in [0.5, 0.6) is 11.5 Å². The third kappa shape index (κ3) is 7.17. The molecular weight excluding hydrogens is 500 g/mol. The second-order valence-corrected chi connectivity index (χ2v) is 9.72. The van der Waals surface area contributed by atoms with E-state index in [4.69, 9.17) is 14.2 Å². The van der Waals surface area contributed by atoms with Gasteiger partial charge < -0.3 is 29.5 Å². The van der Waals surface area contributed by atoms with Crippen LogP contribution >= 0.6 is 0 Å². The lowest BCUT2D eigenvalue weighted by Gasteiger charge is -2.44. The zero-order valence-electron chi connectivity index (χ0n) is 21.5. The number of aliphatic hydroxyl groups is 1. The topological polar surface area (TPSA) is 123 Å². The highest BCUT2D eigenvalue weighted by Gasteiger charge is 2.40. The van der Waals surface area contributed by atoms with Crippen molar-refractivity contribution in [1.29, 1.82) is 0 Å². The Bertz CT molecular complexity index is 1230. The lowest BCUT2D eigenvalue weighted by Crippen LogP contribution is -2.57. The van der Waals surface area contributed by atoms with Gasteiger partial charge in [0.25, 0.3) is 5.91 Å². The lowest BCUT2D eigenvalue weighted by atomic mass is 9.94. The van der Waals surface area contributed by atoms with Gasteiger partial charge in [0.2, 0.25) is 5.91 Å². The molecule has 2 N–H and O–H groups in total. The third-order valence-corrected chi connectivity index (χ3v) is 6.83. The Hall–Kier alpha value is -3.86. The van der Waals surface area contributed by atoms with E-state index in [1.807, 2.05) is 54.6 Å². The maximum Gasteiger partial charge on any atom is 0.274 e. The largest absolute Gasteiger partial charge is 0.457 e. The summed E-state index contributed by atoms with van der Waals surface area (Å²) in [5.74, 6) is 1.07. The number of hydrogen-bond acceptors (Lipinski definition) is 8. The van der Waals surface area contributed by atoms with Crippen molar-refractivity contribution >= 4 is 11.8 Å². The molecule has 0 spiro atoms. The third-order valence-electron chi connectivity index (χ3n) is 6.83. The molecule has 2 amide bonds. The number of fused-ring (bicyclic) bond motifs is 1. The van der Waals surface area contributed by atoms with Crippen molar-refractivity contribution in [1.82, 2.24) is 20.2 Å². The number of aliphatic hydroxyl groups excluding tert-OH is 1. The molecule has 0 saturated carbocycles.